The number of aryl methyl sites for hydroxylation is 1. The number of hydrogen-bond donors (Lipinski definition) is 1. The summed E-state index contributed by atoms with van der Waals surface area (Å²) in [7, 11) is -3.59. The summed E-state index contributed by atoms with van der Waals surface area (Å²) < 4.78 is 27.4. The molecule has 0 aliphatic rings. The third kappa shape index (κ3) is 3.81. The molecule has 5 heteroatoms. The Labute approximate surface area is 121 Å². The third-order valence-electron chi connectivity index (χ3n) is 3.89. The third-order valence-corrected chi connectivity index (χ3v) is 5.43. The van der Waals surface area contributed by atoms with Gasteiger partial charge in [0.2, 0.25) is 10.0 Å². The standard InChI is InChI=1S/C15H22N2O2S/c1-11(2)15(4,5)10-17-20(18,19)14-8-13(9-16)7-6-12(14)3/h6-8,11,17H,10H2,1-5H3. The molecular formula is C15H22N2O2S. The predicted molar refractivity (Wildman–Crippen MR) is 79.7 cm³/mol. The normalized spacial score (nSPS) is 12.4. The average Bonchev–Trinajstić information content (AvgIpc) is 2.37. The molecule has 1 aromatic carbocycles. The Morgan fingerprint density at radius 3 is 2.45 bits per heavy atom. The van der Waals surface area contributed by atoms with Crippen LogP contribution in [0.15, 0.2) is 23.1 Å². The lowest BCUT2D eigenvalue weighted by molar-refractivity contribution is 0.252. The summed E-state index contributed by atoms with van der Waals surface area (Å²) >= 11 is 0. The largest absolute Gasteiger partial charge is 0.240 e. The van der Waals surface area contributed by atoms with Crippen molar-refractivity contribution in [1.29, 1.82) is 5.26 Å². The second-order valence-electron chi connectivity index (χ2n) is 6.06. The van der Waals surface area contributed by atoms with Crippen molar-refractivity contribution < 1.29 is 8.42 Å². The van der Waals surface area contributed by atoms with Crippen molar-refractivity contribution in [2.24, 2.45) is 11.3 Å². The predicted octanol–water partition coefficient (Wildman–Crippen LogP) is 2.83. The zero-order valence-corrected chi connectivity index (χ0v) is 13.5. The zero-order valence-electron chi connectivity index (χ0n) is 12.7. The highest BCUT2D eigenvalue weighted by atomic mass is 32.2. The van der Waals surface area contributed by atoms with Crippen LogP contribution >= 0.6 is 0 Å². The first-order chi connectivity index (χ1) is 9.10. The fraction of sp³-hybridized carbons (Fsp3) is 0.533. The maximum atomic E-state index is 12.4. The van der Waals surface area contributed by atoms with Gasteiger partial charge in [-0.15, -0.1) is 0 Å². The number of nitrogens with one attached hydrogen (secondary N) is 1. The summed E-state index contributed by atoms with van der Waals surface area (Å²) in [6.45, 7) is 10.3. The summed E-state index contributed by atoms with van der Waals surface area (Å²) in [4.78, 5) is 0.177. The second kappa shape index (κ2) is 5.94. The van der Waals surface area contributed by atoms with Crippen LogP contribution in [-0.2, 0) is 10.0 Å². The summed E-state index contributed by atoms with van der Waals surface area (Å²) in [6.07, 6.45) is 0. The van der Waals surface area contributed by atoms with Crippen molar-refractivity contribution in [3.8, 4) is 6.07 Å². The lowest BCUT2D eigenvalue weighted by Crippen LogP contribution is -2.37. The number of nitriles is 1. The fourth-order valence-electron chi connectivity index (χ4n) is 1.52. The van der Waals surface area contributed by atoms with Gasteiger partial charge in [0.05, 0.1) is 16.5 Å². The minimum absolute atomic E-state index is 0.131. The summed E-state index contributed by atoms with van der Waals surface area (Å²) in [5, 5.41) is 8.89. The van der Waals surface area contributed by atoms with Crippen LogP contribution < -0.4 is 4.72 Å². The van der Waals surface area contributed by atoms with E-state index in [4.69, 9.17) is 5.26 Å². The van der Waals surface area contributed by atoms with E-state index >= 15 is 0 Å². The van der Waals surface area contributed by atoms with Gasteiger partial charge in [-0.1, -0.05) is 33.8 Å². The van der Waals surface area contributed by atoms with Crippen molar-refractivity contribution in [2.75, 3.05) is 6.54 Å². The zero-order chi connectivity index (χ0) is 15.6. The molecule has 1 aromatic rings. The Hall–Kier alpha value is -1.38. The van der Waals surface area contributed by atoms with Gasteiger partial charge in [0.1, 0.15) is 0 Å². The molecule has 0 amide bonds. The number of hydrogen-bond acceptors (Lipinski definition) is 3. The van der Waals surface area contributed by atoms with Gasteiger partial charge in [-0.25, -0.2) is 13.1 Å². The van der Waals surface area contributed by atoms with E-state index in [9.17, 15) is 8.42 Å². The Morgan fingerprint density at radius 1 is 1.35 bits per heavy atom. The van der Waals surface area contributed by atoms with Crippen LogP contribution in [0.1, 0.15) is 38.8 Å². The molecule has 1 N–H and O–H groups in total. The Kier molecular flexibility index (Phi) is 4.95. The Morgan fingerprint density at radius 2 is 1.95 bits per heavy atom. The molecule has 0 atom stereocenters. The van der Waals surface area contributed by atoms with Gasteiger partial charge >= 0.3 is 0 Å². The molecule has 0 fully saturated rings. The van der Waals surface area contributed by atoms with Gasteiger partial charge in [-0.2, -0.15) is 5.26 Å². The maximum absolute atomic E-state index is 12.4. The van der Waals surface area contributed by atoms with Gasteiger partial charge in [0.25, 0.3) is 0 Å². The lowest BCUT2D eigenvalue weighted by Gasteiger charge is -2.29. The minimum Gasteiger partial charge on any atom is -0.211 e. The van der Waals surface area contributed by atoms with Crippen molar-refractivity contribution in [3.63, 3.8) is 0 Å². The molecule has 0 aliphatic carbocycles. The van der Waals surface area contributed by atoms with Gasteiger partial charge in [0.15, 0.2) is 0 Å². The first-order valence-corrected chi connectivity index (χ1v) is 8.09. The minimum atomic E-state index is -3.59. The molecule has 0 saturated heterocycles. The smallest absolute Gasteiger partial charge is 0.211 e. The van der Waals surface area contributed by atoms with E-state index in [0.29, 0.717) is 23.6 Å². The van der Waals surface area contributed by atoms with E-state index in [-0.39, 0.29) is 10.3 Å². The van der Waals surface area contributed by atoms with Crippen LogP contribution in [0.4, 0.5) is 0 Å². The van der Waals surface area contributed by atoms with E-state index in [1.54, 1.807) is 19.1 Å². The lowest BCUT2D eigenvalue weighted by atomic mass is 9.81. The molecule has 1 rings (SSSR count). The quantitative estimate of drug-likeness (QED) is 0.907. The van der Waals surface area contributed by atoms with Crippen LogP contribution in [0.2, 0.25) is 0 Å². The molecule has 20 heavy (non-hydrogen) atoms. The molecule has 0 heterocycles. The highest BCUT2D eigenvalue weighted by Crippen LogP contribution is 2.26. The van der Waals surface area contributed by atoms with Gasteiger partial charge in [0, 0.05) is 6.54 Å². The molecule has 0 radical (unpaired) electrons. The maximum Gasteiger partial charge on any atom is 0.240 e. The van der Waals surface area contributed by atoms with Crippen molar-refractivity contribution >= 4 is 10.0 Å². The molecule has 0 bridgehead atoms. The number of rotatable bonds is 5. The van der Waals surface area contributed by atoms with E-state index in [0.717, 1.165) is 0 Å². The first-order valence-electron chi connectivity index (χ1n) is 6.60. The highest BCUT2D eigenvalue weighted by Gasteiger charge is 2.26. The van der Waals surface area contributed by atoms with Crippen LogP contribution in [0.5, 0.6) is 0 Å². The van der Waals surface area contributed by atoms with Gasteiger partial charge in [-0.05, 0) is 36.0 Å². The van der Waals surface area contributed by atoms with E-state index in [2.05, 4.69) is 18.6 Å². The molecular weight excluding hydrogens is 272 g/mol. The van der Waals surface area contributed by atoms with Crippen LogP contribution in [0.25, 0.3) is 0 Å². The highest BCUT2D eigenvalue weighted by molar-refractivity contribution is 7.89. The molecule has 0 saturated carbocycles. The van der Waals surface area contributed by atoms with E-state index in [1.165, 1.54) is 6.07 Å². The number of sulfonamides is 1. The molecule has 0 spiro atoms. The fourth-order valence-corrected chi connectivity index (χ4v) is 3.01. The topological polar surface area (TPSA) is 70.0 Å². The van der Waals surface area contributed by atoms with Crippen molar-refractivity contribution in [1.82, 2.24) is 4.72 Å². The SMILES string of the molecule is Cc1ccc(C#N)cc1S(=O)(=O)NCC(C)(C)C(C)C. The van der Waals surface area contributed by atoms with E-state index in [1.807, 2.05) is 19.9 Å². The Balaban J connectivity index is 3.04. The molecule has 0 aromatic heterocycles. The summed E-state index contributed by atoms with van der Waals surface area (Å²) in [5.41, 5.74) is 0.853. The van der Waals surface area contributed by atoms with Gasteiger partial charge < -0.3 is 0 Å². The molecule has 110 valence electrons. The first kappa shape index (κ1) is 16.7. The molecule has 0 aliphatic heterocycles. The second-order valence-corrected chi connectivity index (χ2v) is 7.80. The van der Waals surface area contributed by atoms with Crippen molar-refractivity contribution in [2.45, 2.75) is 39.5 Å². The number of nitrogens with zero attached hydrogens (tertiary/aromatic N) is 1. The van der Waals surface area contributed by atoms with Crippen LogP contribution in [0.3, 0.4) is 0 Å². The monoisotopic (exact) mass is 294 g/mol. The van der Waals surface area contributed by atoms with Crippen LogP contribution in [0, 0.1) is 29.6 Å². The molecule has 4 nitrogen and oxygen atoms in total. The van der Waals surface area contributed by atoms with Crippen molar-refractivity contribution in [3.05, 3.63) is 29.3 Å². The van der Waals surface area contributed by atoms with E-state index < -0.39 is 10.0 Å². The Bertz CT molecular complexity index is 626. The number of benzene rings is 1. The van der Waals surface area contributed by atoms with Crippen LogP contribution in [-0.4, -0.2) is 15.0 Å². The average molecular weight is 294 g/mol. The van der Waals surface area contributed by atoms with Gasteiger partial charge in [-0.3, -0.25) is 0 Å². The summed E-state index contributed by atoms with van der Waals surface area (Å²) in [6, 6.07) is 6.65. The molecule has 0 unspecified atom stereocenters. The summed E-state index contributed by atoms with van der Waals surface area (Å²) in [5.74, 6) is 0.358.